The predicted octanol–water partition coefficient (Wildman–Crippen LogP) is 3.58. The fourth-order valence-corrected chi connectivity index (χ4v) is 3.36. The number of carbonyl (C=O) groups excluding carboxylic acids is 1. The molecule has 1 saturated heterocycles. The Labute approximate surface area is 120 Å². The summed E-state index contributed by atoms with van der Waals surface area (Å²) in [7, 11) is 2.01. The van der Waals surface area contributed by atoms with Crippen LogP contribution in [0.5, 0.6) is 0 Å². The van der Waals surface area contributed by atoms with Gasteiger partial charge >= 0.3 is 0 Å². The van der Waals surface area contributed by atoms with Gasteiger partial charge in [0.1, 0.15) is 0 Å². The van der Waals surface area contributed by atoms with Gasteiger partial charge in [0.2, 0.25) is 0 Å². The van der Waals surface area contributed by atoms with Gasteiger partial charge in [0, 0.05) is 36.7 Å². The third-order valence-corrected chi connectivity index (χ3v) is 4.49. The highest BCUT2D eigenvalue weighted by Crippen LogP contribution is 2.26. The van der Waals surface area contributed by atoms with Gasteiger partial charge in [-0.15, -0.1) is 0 Å². The van der Waals surface area contributed by atoms with Gasteiger partial charge < -0.3 is 9.47 Å². The van der Waals surface area contributed by atoms with Crippen molar-refractivity contribution in [3.8, 4) is 0 Å². The number of nitrogens with zero attached hydrogens (tertiary/aromatic N) is 2. The lowest BCUT2D eigenvalue weighted by molar-refractivity contribution is 0.0610. The Balaban J connectivity index is 2.00. The lowest BCUT2D eigenvalue weighted by Crippen LogP contribution is -2.43. The van der Waals surface area contributed by atoms with Gasteiger partial charge in [-0.2, -0.15) is 0 Å². The zero-order valence-corrected chi connectivity index (χ0v) is 12.3. The van der Waals surface area contributed by atoms with E-state index in [9.17, 15) is 4.79 Å². The summed E-state index contributed by atoms with van der Waals surface area (Å²) in [5.41, 5.74) is 1.98. The molecule has 0 unspecified atom stereocenters. The van der Waals surface area contributed by atoms with E-state index in [1.165, 1.54) is 6.42 Å². The number of rotatable bonds is 2. The number of para-hydroxylation sites is 1. The fourth-order valence-electron chi connectivity index (χ4n) is 3.36. The first-order valence-corrected chi connectivity index (χ1v) is 7.57. The third kappa shape index (κ3) is 2.11. The van der Waals surface area contributed by atoms with Crippen LogP contribution in [0.2, 0.25) is 0 Å². The smallest absolute Gasteiger partial charge is 0.256 e. The first-order valence-electron chi connectivity index (χ1n) is 7.57. The van der Waals surface area contributed by atoms with Gasteiger partial charge in [0.05, 0.1) is 5.56 Å². The Morgan fingerprint density at radius 3 is 2.90 bits per heavy atom. The number of hydrogen-bond acceptors (Lipinski definition) is 1. The minimum Gasteiger partial charge on any atom is -0.350 e. The van der Waals surface area contributed by atoms with Crippen molar-refractivity contribution in [2.75, 3.05) is 6.54 Å². The van der Waals surface area contributed by atoms with Gasteiger partial charge in [0.15, 0.2) is 0 Å². The lowest BCUT2D eigenvalue weighted by Gasteiger charge is -2.35. The molecule has 0 spiro atoms. The lowest BCUT2D eigenvalue weighted by atomic mass is 9.99. The first-order chi connectivity index (χ1) is 9.72. The highest BCUT2D eigenvalue weighted by atomic mass is 16.2. The molecule has 3 rings (SSSR count). The number of aromatic nitrogens is 1. The molecule has 0 saturated carbocycles. The molecule has 3 heteroatoms. The summed E-state index contributed by atoms with van der Waals surface area (Å²) in [5, 5.41) is 1.07. The molecule has 1 fully saturated rings. The Bertz CT molecular complexity index is 629. The maximum Gasteiger partial charge on any atom is 0.256 e. The molecule has 1 aromatic heterocycles. The SMILES string of the molecule is CC[C@H]1CCCCN1C(=O)c1cn(C)c2ccccc12. The second kappa shape index (κ2) is 5.31. The van der Waals surface area contributed by atoms with Crippen molar-refractivity contribution in [1.29, 1.82) is 0 Å². The van der Waals surface area contributed by atoms with Crippen LogP contribution in [-0.4, -0.2) is 28.0 Å². The number of carbonyl (C=O) groups is 1. The van der Waals surface area contributed by atoms with E-state index in [-0.39, 0.29) is 5.91 Å². The number of fused-ring (bicyclic) bond motifs is 1. The van der Waals surface area contributed by atoms with Gasteiger partial charge in [-0.05, 0) is 31.7 Å². The summed E-state index contributed by atoms with van der Waals surface area (Å²) in [5.74, 6) is 0.202. The fraction of sp³-hybridized carbons (Fsp3) is 0.471. The summed E-state index contributed by atoms with van der Waals surface area (Å²) < 4.78 is 2.05. The molecule has 1 aliphatic rings. The number of aryl methyl sites for hydroxylation is 1. The van der Waals surface area contributed by atoms with Gasteiger partial charge in [-0.1, -0.05) is 25.1 Å². The topological polar surface area (TPSA) is 25.2 Å². The van der Waals surface area contributed by atoms with Crippen LogP contribution < -0.4 is 0 Å². The van der Waals surface area contributed by atoms with Gasteiger partial charge in [-0.25, -0.2) is 0 Å². The van der Waals surface area contributed by atoms with E-state index in [0.29, 0.717) is 6.04 Å². The maximum absolute atomic E-state index is 12.9. The van der Waals surface area contributed by atoms with Crippen molar-refractivity contribution in [3.05, 3.63) is 36.0 Å². The molecule has 20 heavy (non-hydrogen) atoms. The van der Waals surface area contributed by atoms with Crippen LogP contribution in [0, 0.1) is 0 Å². The summed E-state index contributed by atoms with van der Waals surface area (Å²) in [6.45, 7) is 3.08. The number of piperidine rings is 1. The standard InChI is InChI=1S/C17H22N2O/c1-3-13-8-6-7-11-19(13)17(20)15-12-18(2)16-10-5-4-9-14(15)16/h4-5,9-10,12-13H,3,6-8,11H2,1-2H3/t13-/m0/s1. The molecule has 1 amide bonds. The largest absolute Gasteiger partial charge is 0.350 e. The molecule has 106 valence electrons. The molecule has 0 radical (unpaired) electrons. The molecule has 0 bridgehead atoms. The minimum absolute atomic E-state index is 0.202. The van der Waals surface area contributed by atoms with Crippen molar-refractivity contribution >= 4 is 16.8 Å². The Hall–Kier alpha value is -1.77. The van der Waals surface area contributed by atoms with Crippen molar-refractivity contribution in [2.24, 2.45) is 7.05 Å². The van der Waals surface area contributed by atoms with Crippen LogP contribution >= 0.6 is 0 Å². The summed E-state index contributed by atoms with van der Waals surface area (Å²) in [6.07, 6.45) is 6.56. The van der Waals surface area contributed by atoms with E-state index in [0.717, 1.165) is 42.3 Å². The van der Waals surface area contributed by atoms with Crippen molar-refractivity contribution in [3.63, 3.8) is 0 Å². The zero-order chi connectivity index (χ0) is 14.1. The van der Waals surface area contributed by atoms with Crippen LogP contribution in [-0.2, 0) is 7.05 Å². The highest BCUT2D eigenvalue weighted by molar-refractivity contribution is 6.07. The average molecular weight is 270 g/mol. The number of amides is 1. The van der Waals surface area contributed by atoms with Gasteiger partial charge in [-0.3, -0.25) is 4.79 Å². The number of benzene rings is 1. The molecular weight excluding hydrogens is 248 g/mol. The number of likely N-dealkylation sites (tertiary alicyclic amines) is 1. The molecule has 1 aliphatic heterocycles. The van der Waals surface area contributed by atoms with Crippen molar-refractivity contribution in [2.45, 2.75) is 38.6 Å². The molecule has 0 N–H and O–H groups in total. The summed E-state index contributed by atoms with van der Waals surface area (Å²) >= 11 is 0. The monoisotopic (exact) mass is 270 g/mol. The van der Waals surface area contributed by atoms with Crippen LogP contribution in [0.3, 0.4) is 0 Å². The summed E-state index contributed by atoms with van der Waals surface area (Å²) in [6, 6.07) is 8.56. The van der Waals surface area contributed by atoms with E-state index in [4.69, 9.17) is 0 Å². The second-order valence-electron chi connectivity index (χ2n) is 5.73. The Morgan fingerprint density at radius 2 is 2.10 bits per heavy atom. The molecule has 2 aromatic rings. The zero-order valence-electron chi connectivity index (χ0n) is 12.3. The van der Waals surface area contributed by atoms with Gasteiger partial charge in [0.25, 0.3) is 5.91 Å². The summed E-state index contributed by atoms with van der Waals surface area (Å²) in [4.78, 5) is 15.0. The molecule has 2 heterocycles. The van der Waals surface area contributed by atoms with E-state index < -0.39 is 0 Å². The molecule has 1 atom stereocenters. The van der Waals surface area contributed by atoms with Crippen molar-refractivity contribution in [1.82, 2.24) is 9.47 Å². The predicted molar refractivity (Wildman–Crippen MR) is 81.9 cm³/mol. The first kappa shape index (κ1) is 13.2. The second-order valence-corrected chi connectivity index (χ2v) is 5.73. The minimum atomic E-state index is 0.202. The average Bonchev–Trinajstić information content (AvgIpc) is 2.84. The van der Waals surface area contributed by atoms with Crippen LogP contribution in [0.4, 0.5) is 0 Å². The third-order valence-electron chi connectivity index (χ3n) is 4.49. The molecule has 3 nitrogen and oxygen atoms in total. The van der Waals surface area contributed by atoms with Crippen LogP contribution in [0.15, 0.2) is 30.5 Å². The van der Waals surface area contributed by atoms with E-state index in [1.54, 1.807) is 0 Å². The van der Waals surface area contributed by atoms with Crippen LogP contribution in [0.1, 0.15) is 43.0 Å². The normalized spacial score (nSPS) is 19.5. The Kier molecular flexibility index (Phi) is 3.51. The highest BCUT2D eigenvalue weighted by Gasteiger charge is 2.27. The van der Waals surface area contributed by atoms with E-state index in [1.807, 2.05) is 36.0 Å². The van der Waals surface area contributed by atoms with E-state index >= 15 is 0 Å². The maximum atomic E-state index is 12.9. The van der Waals surface area contributed by atoms with Crippen molar-refractivity contribution < 1.29 is 4.79 Å². The molecule has 0 aliphatic carbocycles. The quantitative estimate of drug-likeness (QED) is 0.818. The van der Waals surface area contributed by atoms with Crippen LogP contribution in [0.25, 0.3) is 10.9 Å². The molecule has 1 aromatic carbocycles. The number of hydrogen-bond donors (Lipinski definition) is 0. The van der Waals surface area contributed by atoms with E-state index in [2.05, 4.69) is 17.9 Å². The Morgan fingerprint density at radius 1 is 1.30 bits per heavy atom. The molecular formula is C17H22N2O.